The number of carbonyl (C=O) groups is 1. The minimum atomic E-state index is 0.154. The van der Waals surface area contributed by atoms with Gasteiger partial charge in [-0.05, 0) is 49.6 Å². The van der Waals surface area contributed by atoms with Crippen LogP contribution in [0.3, 0.4) is 0 Å². The number of rotatable bonds is 5. The first-order valence-corrected chi connectivity index (χ1v) is 11.7. The molecule has 5 rings (SSSR count). The molecule has 7 heteroatoms. The molecule has 178 valence electrons. The van der Waals surface area contributed by atoms with Crippen LogP contribution >= 0.6 is 0 Å². The van der Waals surface area contributed by atoms with Gasteiger partial charge in [-0.2, -0.15) is 0 Å². The van der Waals surface area contributed by atoms with Gasteiger partial charge in [0.15, 0.2) is 11.5 Å². The van der Waals surface area contributed by atoms with E-state index >= 15 is 0 Å². The van der Waals surface area contributed by atoms with Crippen molar-refractivity contribution < 1.29 is 23.7 Å². The molecule has 1 aromatic heterocycles. The van der Waals surface area contributed by atoms with Crippen molar-refractivity contribution in [3.05, 3.63) is 41.5 Å². The van der Waals surface area contributed by atoms with Crippen LogP contribution in [0.4, 0.5) is 0 Å². The fraction of sp³-hybridized carbons (Fsp3) is 0.407. The summed E-state index contributed by atoms with van der Waals surface area (Å²) in [5.41, 5.74) is 4.46. The van der Waals surface area contributed by atoms with Gasteiger partial charge < -0.3 is 23.8 Å². The van der Waals surface area contributed by atoms with Crippen LogP contribution in [-0.2, 0) is 11.3 Å². The second kappa shape index (κ2) is 9.05. The minimum Gasteiger partial charge on any atom is -0.497 e. The Labute approximate surface area is 199 Å². The highest BCUT2D eigenvalue weighted by Crippen LogP contribution is 2.40. The van der Waals surface area contributed by atoms with Crippen LogP contribution < -0.4 is 18.9 Å². The third kappa shape index (κ3) is 3.89. The molecule has 1 fully saturated rings. The zero-order valence-corrected chi connectivity index (χ0v) is 20.1. The number of amides is 1. The number of nitrogens with zero attached hydrogens (tertiary/aromatic N) is 2. The molecule has 1 aliphatic heterocycles. The van der Waals surface area contributed by atoms with Gasteiger partial charge in [-0.15, -0.1) is 0 Å². The number of benzene rings is 2. The molecule has 2 aromatic carbocycles. The summed E-state index contributed by atoms with van der Waals surface area (Å²) in [5.74, 6) is 3.11. The lowest BCUT2D eigenvalue weighted by molar-refractivity contribution is -0.138. The molecule has 0 radical (unpaired) electrons. The lowest BCUT2D eigenvalue weighted by Crippen LogP contribution is -2.39. The number of ether oxygens (including phenoxy) is 4. The van der Waals surface area contributed by atoms with E-state index in [2.05, 4.69) is 19.1 Å². The number of carbonyl (C=O) groups excluding carboxylic acids is 1. The molecule has 1 amide bonds. The first-order chi connectivity index (χ1) is 16.5. The van der Waals surface area contributed by atoms with Gasteiger partial charge in [-0.25, -0.2) is 4.98 Å². The van der Waals surface area contributed by atoms with E-state index in [1.54, 1.807) is 21.3 Å². The van der Waals surface area contributed by atoms with E-state index in [1.165, 1.54) is 0 Å². The zero-order valence-electron chi connectivity index (χ0n) is 20.1. The molecule has 0 bridgehead atoms. The Bertz CT molecular complexity index is 1250. The van der Waals surface area contributed by atoms with Gasteiger partial charge in [-0.1, -0.05) is 6.42 Å². The predicted molar refractivity (Wildman–Crippen MR) is 130 cm³/mol. The van der Waals surface area contributed by atoms with Crippen molar-refractivity contribution in [3.8, 4) is 34.3 Å². The number of hydrogen-bond donors (Lipinski definition) is 0. The fourth-order valence-corrected chi connectivity index (χ4v) is 4.74. The van der Waals surface area contributed by atoms with Gasteiger partial charge in [-0.3, -0.25) is 4.79 Å². The second-order valence-electron chi connectivity index (χ2n) is 8.95. The van der Waals surface area contributed by atoms with Crippen molar-refractivity contribution in [1.29, 1.82) is 0 Å². The van der Waals surface area contributed by atoms with Crippen molar-refractivity contribution in [2.24, 2.45) is 5.92 Å². The molecule has 34 heavy (non-hydrogen) atoms. The Morgan fingerprint density at radius 3 is 2.50 bits per heavy atom. The third-order valence-corrected chi connectivity index (χ3v) is 6.90. The Morgan fingerprint density at radius 1 is 1.03 bits per heavy atom. The first kappa shape index (κ1) is 22.3. The molecule has 0 atom stereocenters. The summed E-state index contributed by atoms with van der Waals surface area (Å²) in [5, 5.41) is 0.974. The van der Waals surface area contributed by atoms with Crippen molar-refractivity contribution in [2.75, 3.05) is 34.5 Å². The average Bonchev–Trinajstić information content (AvgIpc) is 3.04. The molecular formula is C27H30N2O5. The summed E-state index contributed by atoms with van der Waals surface area (Å²) in [7, 11) is 4.91. The number of fused-ring (bicyclic) bond motifs is 2. The van der Waals surface area contributed by atoms with Gasteiger partial charge in [0.1, 0.15) is 23.6 Å². The monoisotopic (exact) mass is 462 g/mol. The van der Waals surface area contributed by atoms with E-state index < -0.39 is 0 Å². The highest BCUT2D eigenvalue weighted by atomic mass is 16.5. The Morgan fingerprint density at radius 2 is 1.82 bits per heavy atom. The summed E-state index contributed by atoms with van der Waals surface area (Å²) in [4.78, 5) is 19.8. The van der Waals surface area contributed by atoms with Crippen LogP contribution in [0.1, 0.15) is 30.4 Å². The summed E-state index contributed by atoms with van der Waals surface area (Å²) in [6.07, 6.45) is 3.11. The number of methoxy groups -OCH3 is 3. The minimum absolute atomic E-state index is 0.154. The van der Waals surface area contributed by atoms with E-state index in [0.29, 0.717) is 36.9 Å². The number of aryl methyl sites for hydroxylation is 1. The van der Waals surface area contributed by atoms with E-state index in [9.17, 15) is 4.79 Å². The molecule has 0 unspecified atom stereocenters. The summed E-state index contributed by atoms with van der Waals surface area (Å²) < 4.78 is 22.8. The molecule has 3 aromatic rings. The van der Waals surface area contributed by atoms with Gasteiger partial charge in [0.2, 0.25) is 5.91 Å². The molecule has 0 spiro atoms. The lowest BCUT2D eigenvalue weighted by Gasteiger charge is -2.30. The smallest absolute Gasteiger partial charge is 0.226 e. The van der Waals surface area contributed by atoms with Gasteiger partial charge in [0.05, 0.1) is 33.6 Å². The lowest BCUT2D eigenvalue weighted by atomic mass is 9.84. The summed E-state index contributed by atoms with van der Waals surface area (Å²) >= 11 is 0. The van der Waals surface area contributed by atoms with Crippen LogP contribution in [0, 0.1) is 12.8 Å². The number of aromatic nitrogens is 1. The third-order valence-electron chi connectivity index (χ3n) is 6.90. The van der Waals surface area contributed by atoms with Crippen molar-refractivity contribution >= 4 is 16.8 Å². The topological polar surface area (TPSA) is 70.1 Å². The highest BCUT2D eigenvalue weighted by molar-refractivity contribution is 5.91. The predicted octanol–water partition coefficient (Wildman–Crippen LogP) is 4.76. The Balaban J connectivity index is 1.59. The maximum absolute atomic E-state index is 13.0. The Hall–Kier alpha value is -3.48. The second-order valence-corrected chi connectivity index (χ2v) is 8.95. The van der Waals surface area contributed by atoms with Crippen LogP contribution in [-0.4, -0.2) is 50.3 Å². The van der Waals surface area contributed by atoms with Crippen LogP contribution in [0.5, 0.6) is 23.0 Å². The van der Waals surface area contributed by atoms with Crippen molar-refractivity contribution in [1.82, 2.24) is 9.88 Å². The first-order valence-electron chi connectivity index (χ1n) is 11.7. The van der Waals surface area contributed by atoms with Gasteiger partial charge in [0, 0.05) is 35.0 Å². The molecule has 0 N–H and O–H groups in total. The normalized spacial score (nSPS) is 15.7. The van der Waals surface area contributed by atoms with Gasteiger partial charge >= 0.3 is 0 Å². The largest absolute Gasteiger partial charge is 0.497 e. The quantitative estimate of drug-likeness (QED) is 0.545. The molecular weight excluding hydrogens is 432 g/mol. The Kier molecular flexibility index (Phi) is 5.94. The van der Waals surface area contributed by atoms with Crippen LogP contribution in [0.15, 0.2) is 30.3 Å². The van der Waals surface area contributed by atoms with Crippen molar-refractivity contribution in [2.45, 2.75) is 32.7 Å². The number of hydrogen-bond acceptors (Lipinski definition) is 6. The van der Waals surface area contributed by atoms with E-state index in [-0.39, 0.29) is 11.8 Å². The van der Waals surface area contributed by atoms with Crippen LogP contribution in [0.2, 0.25) is 0 Å². The van der Waals surface area contributed by atoms with E-state index in [1.807, 2.05) is 23.1 Å². The average molecular weight is 463 g/mol. The van der Waals surface area contributed by atoms with Gasteiger partial charge in [0.25, 0.3) is 0 Å². The molecule has 2 heterocycles. The SMILES string of the molecule is COc1cc(OC)c2nc(-c3cc4c(c(OC)c3)OCCN(C(=O)C3CCC3)C4)cc(C)c2c1. The van der Waals surface area contributed by atoms with E-state index in [0.717, 1.165) is 58.3 Å². The molecule has 1 saturated carbocycles. The highest BCUT2D eigenvalue weighted by Gasteiger charge is 2.31. The standard InChI is InChI=1S/C27H30N2O5/c1-16-10-22(28-25-21(16)13-20(31-2)14-23(25)32-3)18-11-19-15-29(27(30)17-6-5-7-17)8-9-34-26(19)24(12-18)33-4/h10-14,17H,5-9,15H2,1-4H3. The molecule has 7 nitrogen and oxygen atoms in total. The van der Waals surface area contributed by atoms with Crippen LogP contribution in [0.25, 0.3) is 22.2 Å². The summed E-state index contributed by atoms with van der Waals surface area (Å²) in [6, 6.07) is 9.88. The maximum Gasteiger partial charge on any atom is 0.226 e. The fourth-order valence-electron chi connectivity index (χ4n) is 4.74. The molecule has 1 aliphatic carbocycles. The zero-order chi connectivity index (χ0) is 23.8. The summed E-state index contributed by atoms with van der Waals surface area (Å²) in [6.45, 7) is 3.58. The van der Waals surface area contributed by atoms with Crippen molar-refractivity contribution in [3.63, 3.8) is 0 Å². The molecule has 2 aliphatic rings. The van der Waals surface area contributed by atoms with E-state index in [4.69, 9.17) is 23.9 Å². The molecule has 0 saturated heterocycles. The maximum atomic E-state index is 13.0. The number of pyridine rings is 1.